The van der Waals surface area contributed by atoms with Crippen LogP contribution in [0.25, 0.3) is 10.8 Å². The highest BCUT2D eigenvalue weighted by molar-refractivity contribution is 5.87. The number of piperazine rings is 1. The van der Waals surface area contributed by atoms with E-state index in [1.54, 1.807) is 6.07 Å². The summed E-state index contributed by atoms with van der Waals surface area (Å²) in [5, 5.41) is 12.6. The fourth-order valence-electron chi connectivity index (χ4n) is 3.57. The monoisotopic (exact) mass is 311 g/mol. The van der Waals surface area contributed by atoms with Gasteiger partial charge in [0.2, 0.25) is 5.91 Å². The molecule has 1 saturated heterocycles. The zero-order valence-electron chi connectivity index (χ0n) is 13.3. The maximum Gasteiger partial charge on any atom is 0.226 e. The Morgan fingerprint density at radius 2 is 1.87 bits per heavy atom. The van der Waals surface area contributed by atoms with Crippen LogP contribution in [0.1, 0.15) is 18.4 Å². The minimum Gasteiger partial charge on any atom is -0.507 e. The highest BCUT2D eigenvalue weighted by atomic mass is 16.3. The van der Waals surface area contributed by atoms with Crippen molar-refractivity contribution in [3.63, 3.8) is 0 Å². The lowest BCUT2D eigenvalue weighted by atomic mass is 10.0. The van der Waals surface area contributed by atoms with Crippen molar-refractivity contribution in [2.75, 3.05) is 26.2 Å². The molecule has 2 fully saturated rings. The average molecular weight is 311 g/mol. The summed E-state index contributed by atoms with van der Waals surface area (Å²) < 4.78 is 0. The van der Waals surface area contributed by atoms with Gasteiger partial charge in [-0.2, -0.15) is 0 Å². The molecule has 1 heterocycles. The van der Waals surface area contributed by atoms with Crippen LogP contribution in [0.4, 0.5) is 0 Å². The summed E-state index contributed by atoms with van der Waals surface area (Å²) in [4.78, 5) is 15.6. The topological polar surface area (TPSA) is 45.0 Å². The summed E-state index contributed by atoms with van der Waals surface area (Å²) in [7, 11) is 0. The molecule has 2 N–H and O–H groups in total. The highest BCUT2D eigenvalue weighted by Gasteiger charge is 2.35. The molecule has 1 saturated carbocycles. The number of aromatic hydroxyl groups is 1. The molecule has 120 valence electrons. The Kier molecular flexibility index (Phi) is 3.69. The Balaban J connectivity index is 1.47. The van der Waals surface area contributed by atoms with Crippen molar-refractivity contribution >= 4 is 16.7 Å². The molecular formula is C19H23N2O2+. The predicted octanol–water partition coefficient (Wildman–Crippen LogP) is 1.18. The third-order valence-corrected chi connectivity index (χ3v) is 5.15. The smallest absolute Gasteiger partial charge is 0.226 e. The van der Waals surface area contributed by atoms with Gasteiger partial charge >= 0.3 is 0 Å². The molecule has 0 spiro atoms. The van der Waals surface area contributed by atoms with Crippen LogP contribution in [-0.2, 0) is 11.3 Å². The van der Waals surface area contributed by atoms with E-state index < -0.39 is 0 Å². The van der Waals surface area contributed by atoms with Crippen LogP contribution in [0.15, 0.2) is 36.4 Å². The van der Waals surface area contributed by atoms with Gasteiger partial charge in [-0.1, -0.05) is 30.3 Å². The van der Waals surface area contributed by atoms with Crippen LogP contribution >= 0.6 is 0 Å². The number of phenolic OH excluding ortho intramolecular Hbond substituents is 1. The number of carbonyl (C=O) groups is 1. The lowest BCUT2D eigenvalue weighted by Crippen LogP contribution is -3.13. The summed E-state index contributed by atoms with van der Waals surface area (Å²) in [6.45, 7) is 4.42. The number of hydrogen-bond donors (Lipinski definition) is 2. The first-order valence-corrected chi connectivity index (χ1v) is 8.54. The highest BCUT2D eigenvalue weighted by Crippen LogP contribution is 2.31. The van der Waals surface area contributed by atoms with Gasteiger partial charge in [0.05, 0.1) is 31.7 Å². The lowest BCUT2D eigenvalue weighted by Gasteiger charge is -2.32. The predicted molar refractivity (Wildman–Crippen MR) is 89.3 cm³/mol. The van der Waals surface area contributed by atoms with Crippen molar-refractivity contribution in [3.8, 4) is 5.75 Å². The SMILES string of the molecule is O=C(C1CC1)N1CC[NH+](Cc2c(O)ccc3ccccc23)CC1. The molecule has 2 aromatic carbocycles. The maximum absolute atomic E-state index is 12.1. The van der Waals surface area contributed by atoms with Gasteiger partial charge < -0.3 is 14.9 Å². The molecule has 1 amide bonds. The third-order valence-electron chi connectivity index (χ3n) is 5.15. The molecule has 0 unspecified atom stereocenters. The third kappa shape index (κ3) is 2.91. The molecule has 0 aromatic heterocycles. The molecule has 4 heteroatoms. The lowest BCUT2D eigenvalue weighted by molar-refractivity contribution is -0.917. The average Bonchev–Trinajstić information content (AvgIpc) is 3.42. The number of nitrogens with one attached hydrogen (secondary N) is 1. The fraction of sp³-hybridized carbons (Fsp3) is 0.421. The maximum atomic E-state index is 12.1. The van der Waals surface area contributed by atoms with E-state index in [9.17, 15) is 9.90 Å². The van der Waals surface area contributed by atoms with Crippen molar-refractivity contribution in [3.05, 3.63) is 42.0 Å². The first-order valence-electron chi connectivity index (χ1n) is 8.54. The number of nitrogens with zero attached hydrogens (tertiary/aromatic N) is 1. The van der Waals surface area contributed by atoms with Gasteiger partial charge in [-0.25, -0.2) is 0 Å². The van der Waals surface area contributed by atoms with Crippen molar-refractivity contribution in [2.45, 2.75) is 19.4 Å². The Morgan fingerprint density at radius 3 is 2.61 bits per heavy atom. The van der Waals surface area contributed by atoms with Gasteiger partial charge in [0.25, 0.3) is 0 Å². The molecule has 4 rings (SSSR count). The standard InChI is InChI=1S/C19H22N2O2/c22-18-8-7-14-3-1-2-4-16(14)17(18)13-20-9-11-21(12-10-20)19(23)15-5-6-15/h1-4,7-8,15,22H,5-6,9-13H2/p+1. The van der Waals surface area contributed by atoms with Gasteiger partial charge in [0.1, 0.15) is 12.3 Å². The summed E-state index contributed by atoms with van der Waals surface area (Å²) in [6, 6.07) is 12.0. The van der Waals surface area contributed by atoms with E-state index in [4.69, 9.17) is 0 Å². The van der Waals surface area contributed by atoms with Crippen LogP contribution in [0.3, 0.4) is 0 Å². The molecule has 1 aliphatic heterocycles. The Morgan fingerprint density at radius 1 is 1.13 bits per heavy atom. The van der Waals surface area contributed by atoms with Crippen molar-refractivity contribution in [2.24, 2.45) is 5.92 Å². The summed E-state index contributed by atoms with van der Waals surface area (Å²) in [6.07, 6.45) is 2.16. The summed E-state index contributed by atoms with van der Waals surface area (Å²) in [5.74, 6) is 1.06. The number of hydrogen-bond acceptors (Lipinski definition) is 2. The van der Waals surface area contributed by atoms with Crippen LogP contribution < -0.4 is 4.90 Å². The largest absolute Gasteiger partial charge is 0.507 e. The quantitative estimate of drug-likeness (QED) is 0.894. The van der Waals surface area contributed by atoms with Crippen LogP contribution in [0, 0.1) is 5.92 Å². The number of rotatable bonds is 3. The zero-order valence-corrected chi connectivity index (χ0v) is 13.3. The molecule has 4 nitrogen and oxygen atoms in total. The molecule has 23 heavy (non-hydrogen) atoms. The van der Waals surface area contributed by atoms with Crippen LogP contribution in [-0.4, -0.2) is 42.1 Å². The summed E-state index contributed by atoms with van der Waals surface area (Å²) in [5.41, 5.74) is 1.03. The van der Waals surface area contributed by atoms with Gasteiger partial charge in [-0.3, -0.25) is 4.79 Å². The first-order chi connectivity index (χ1) is 11.2. The Bertz CT molecular complexity index is 731. The number of benzene rings is 2. The van der Waals surface area contributed by atoms with Gasteiger partial charge in [0, 0.05) is 5.92 Å². The molecule has 2 aromatic rings. The Labute approximate surface area is 136 Å². The normalized spacial score (nSPS) is 19.2. The molecule has 2 aliphatic rings. The van der Waals surface area contributed by atoms with E-state index in [0.29, 0.717) is 17.6 Å². The second-order valence-corrected chi connectivity index (χ2v) is 6.81. The molecule has 0 atom stereocenters. The molecule has 0 radical (unpaired) electrons. The van der Waals surface area contributed by atoms with Gasteiger partial charge in [-0.15, -0.1) is 0 Å². The van der Waals surface area contributed by atoms with Crippen molar-refractivity contribution in [1.82, 2.24) is 4.90 Å². The minimum atomic E-state index is 0.318. The Hall–Kier alpha value is -2.07. The molecule has 0 bridgehead atoms. The van der Waals surface area contributed by atoms with Gasteiger partial charge in [0.15, 0.2) is 0 Å². The molecular weight excluding hydrogens is 288 g/mol. The van der Waals surface area contributed by atoms with E-state index in [2.05, 4.69) is 12.1 Å². The van der Waals surface area contributed by atoms with E-state index >= 15 is 0 Å². The van der Waals surface area contributed by atoms with Crippen LogP contribution in [0.5, 0.6) is 5.75 Å². The number of amides is 1. The van der Waals surface area contributed by atoms with Crippen molar-refractivity contribution < 1.29 is 14.8 Å². The molecule has 1 aliphatic carbocycles. The first kappa shape index (κ1) is 14.5. The van der Waals surface area contributed by atoms with Crippen LogP contribution in [0.2, 0.25) is 0 Å². The number of fused-ring (bicyclic) bond motifs is 1. The van der Waals surface area contributed by atoms with E-state index in [0.717, 1.165) is 56.5 Å². The minimum absolute atomic E-state index is 0.318. The zero-order chi connectivity index (χ0) is 15.8. The van der Waals surface area contributed by atoms with E-state index in [-0.39, 0.29) is 0 Å². The summed E-state index contributed by atoms with van der Waals surface area (Å²) >= 11 is 0. The van der Waals surface area contributed by atoms with Gasteiger partial charge in [-0.05, 0) is 29.7 Å². The second-order valence-electron chi connectivity index (χ2n) is 6.81. The van der Waals surface area contributed by atoms with E-state index in [1.165, 1.54) is 10.3 Å². The number of quaternary nitrogens is 1. The number of carbonyl (C=O) groups excluding carboxylic acids is 1. The van der Waals surface area contributed by atoms with E-state index in [1.807, 2.05) is 23.1 Å². The fourth-order valence-corrected chi connectivity index (χ4v) is 3.57. The second kappa shape index (κ2) is 5.85. The van der Waals surface area contributed by atoms with Crippen molar-refractivity contribution in [1.29, 1.82) is 0 Å². The number of phenols is 1.